The van der Waals surface area contributed by atoms with Crippen LogP contribution in [0.1, 0.15) is 0 Å². The van der Waals surface area contributed by atoms with Crippen LogP contribution < -0.4 is 9.47 Å². The molecule has 0 aliphatic heterocycles. The fraction of sp³-hybridized carbons (Fsp3) is 0.111. The predicted octanol–water partition coefficient (Wildman–Crippen LogP) is 3.60. The summed E-state index contributed by atoms with van der Waals surface area (Å²) in [6.45, 7) is 0. The third kappa shape index (κ3) is 4.20. The van der Waals surface area contributed by atoms with Crippen LogP contribution in [0.25, 0.3) is 30.8 Å². The first-order valence-electron chi connectivity index (χ1n) is 8.60. The molecule has 4 rings (SSSR count). The molecular formula is C18H14N2O8S4. The highest BCUT2D eigenvalue weighted by Gasteiger charge is 2.21. The minimum Gasteiger partial charge on any atom is -0.496 e. The maximum absolute atomic E-state index is 11.5. The Morgan fingerprint density at radius 2 is 1.09 bits per heavy atom. The van der Waals surface area contributed by atoms with Crippen LogP contribution in [0.15, 0.2) is 46.2 Å². The monoisotopic (exact) mass is 514 g/mol. The van der Waals surface area contributed by atoms with Gasteiger partial charge < -0.3 is 9.47 Å². The Morgan fingerprint density at radius 3 is 1.41 bits per heavy atom. The lowest BCUT2D eigenvalue weighted by molar-refractivity contribution is 0.415. The molecule has 2 aromatic carbocycles. The van der Waals surface area contributed by atoms with E-state index in [9.17, 15) is 25.9 Å². The first kappa shape index (κ1) is 22.6. The average molecular weight is 515 g/mol. The van der Waals surface area contributed by atoms with Gasteiger partial charge in [0.2, 0.25) is 0 Å². The molecule has 32 heavy (non-hydrogen) atoms. The second-order valence-corrected chi connectivity index (χ2v) is 11.1. The standard InChI is InChI=1S/C18H14N2O8S4/c1-27-13-5-3-9(31(21,22)23)7-11(13)15-19-17-18(29-15)20-16(30-17)12-8-10(32(24,25)26)4-6-14(12)28-2/h3-8H,1-2H3,(H,21,22,23)(H,24,25,26). The Balaban J connectivity index is 1.83. The Labute approximate surface area is 190 Å². The van der Waals surface area contributed by atoms with Crippen molar-refractivity contribution in [1.82, 2.24) is 9.97 Å². The van der Waals surface area contributed by atoms with Gasteiger partial charge in [0, 0.05) is 0 Å². The van der Waals surface area contributed by atoms with Gasteiger partial charge in [0.1, 0.15) is 21.5 Å². The Morgan fingerprint density at radius 1 is 0.719 bits per heavy atom. The molecule has 0 spiro atoms. The van der Waals surface area contributed by atoms with Crippen molar-refractivity contribution >= 4 is 52.6 Å². The molecule has 4 aromatic rings. The van der Waals surface area contributed by atoms with Crippen LogP contribution in [0.3, 0.4) is 0 Å². The number of aromatic nitrogens is 2. The highest BCUT2D eigenvalue weighted by molar-refractivity contribution is 7.86. The number of benzene rings is 2. The van der Waals surface area contributed by atoms with Crippen LogP contribution in [0, 0.1) is 0 Å². The largest absolute Gasteiger partial charge is 0.496 e. The molecule has 0 fully saturated rings. The van der Waals surface area contributed by atoms with Crippen LogP contribution in [0.2, 0.25) is 0 Å². The van der Waals surface area contributed by atoms with E-state index in [1.807, 2.05) is 0 Å². The third-order valence-corrected chi connectivity index (χ3v) is 8.17. The molecule has 0 atom stereocenters. The number of thiazole rings is 2. The summed E-state index contributed by atoms with van der Waals surface area (Å²) < 4.78 is 75.3. The van der Waals surface area contributed by atoms with E-state index in [2.05, 4.69) is 9.97 Å². The zero-order chi connectivity index (χ0) is 23.3. The molecule has 0 aliphatic carbocycles. The minimum atomic E-state index is -4.42. The molecule has 0 saturated carbocycles. The summed E-state index contributed by atoms with van der Waals surface area (Å²) in [7, 11) is -5.99. The van der Waals surface area contributed by atoms with E-state index in [1.165, 1.54) is 50.6 Å². The van der Waals surface area contributed by atoms with Gasteiger partial charge in [-0.1, -0.05) is 22.7 Å². The molecule has 0 amide bonds. The van der Waals surface area contributed by atoms with Crippen LogP contribution in [0.4, 0.5) is 0 Å². The number of ether oxygens (including phenoxy) is 2. The third-order valence-electron chi connectivity index (χ3n) is 4.37. The van der Waals surface area contributed by atoms with E-state index in [4.69, 9.17) is 9.47 Å². The summed E-state index contributed by atoms with van der Waals surface area (Å²) in [5.41, 5.74) is 0.732. The van der Waals surface area contributed by atoms with Gasteiger partial charge in [-0.3, -0.25) is 9.11 Å². The first-order valence-corrected chi connectivity index (χ1v) is 13.1. The highest BCUT2D eigenvalue weighted by atomic mass is 32.2. The maximum atomic E-state index is 11.5. The average Bonchev–Trinajstić information content (AvgIpc) is 3.30. The molecule has 0 unspecified atom stereocenters. The topological polar surface area (TPSA) is 153 Å². The van der Waals surface area contributed by atoms with E-state index in [0.717, 1.165) is 22.7 Å². The van der Waals surface area contributed by atoms with Crippen molar-refractivity contribution in [3.63, 3.8) is 0 Å². The molecule has 2 N–H and O–H groups in total. The molecule has 10 nitrogen and oxygen atoms in total. The minimum absolute atomic E-state index is 0.299. The first-order chi connectivity index (χ1) is 15.0. The maximum Gasteiger partial charge on any atom is 0.294 e. The number of rotatable bonds is 6. The summed E-state index contributed by atoms with van der Waals surface area (Å²) in [6.07, 6.45) is 0. The van der Waals surface area contributed by atoms with Gasteiger partial charge in [0.25, 0.3) is 20.2 Å². The molecule has 2 aromatic heterocycles. The van der Waals surface area contributed by atoms with Gasteiger partial charge >= 0.3 is 0 Å². The lowest BCUT2D eigenvalue weighted by atomic mass is 10.2. The van der Waals surface area contributed by atoms with Crippen molar-refractivity contribution in [2.45, 2.75) is 9.79 Å². The quantitative estimate of drug-likeness (QED) is 0.365. The molecule has 168 valence electrons. The normalized spacial score (nSPS) is 12.2. The van der Waals surface area contributed by atoms with E-state index < -0.39 is 20.2 Å². The van der Waals surface area contributed by atoms with E-state index in [0.29, 0.717) is 42.3 Å². The lowest BCUT2D eigenvalue weighted by Gasteiger charge is -2.08. The van der Waals surface area contributed by atoms with Crippen molar-refractivity contribution in [3.8, 4) is 32.6 Å². The lowest BCUT2D eigenvalue weighted by Crippen LogP contribution is -1.99. The Hall–Kier alpha value is -2.62. The smallest absolute Gasteiger partial charge is 0.294 e. The second kappa shape index (κ2) is 8.06. The molecular weight excluding hydrogens is 500 g/mol. The van der Waals surface area contributed by atoms with Gasteiger partial charge in [-0.15, -0.1) is 0 Å². The van der Waals surface area contributed by atoms with Crippen molar-refractivity contribution < 1.29 is 35.4 Å². The van der Waals surface area contributed by atoms with E-state index >= 15 is 0 Å². The SMILES string of the molecule is COc1ccc(S(=O)(=O)O)cc1-c1nc2sc(-c3cc(S(=O)(=O)O)ccc3OC)nc2s1. The molecule has 0 bridgehead atoms. The van der Waals surface area contributed by atoms with E-state index in [-0.39, 0.29) is 9.79 Å². The van der Waals surface area contributed by atoms with Crippen LogP contribution >= 0.6 is 22.7 Å². The zero-order valence-electron chi connectivity index (χ0n) is 16.3. The predicted molar refractivity (Wildman–Crippen MR) is 119 cm³/mol. The number of hydrogen-bond donors (Lipinski definition) is 2. The molecule has 0 aliphatic rings. The van der Waals surface area contributed by atoms with E-state index in [1.54, 1.807) is 0 Å². The summed E-state index contributed by atoms with van der Waals surface area (Å²) in [5.74, 6) is 0.725. The van der Waals surface area contributed by atoms with Gasteiger partial charge in [-0.25, -0.2) is 9.97 Å². The summed E-state index contributed by atoms with van der Waals surface area (Å²) in [6, 6.07) is 7.79. The van der Waals surface area contributed by atoms with Crippen molar-refractivity contribution in [2.24, 2.45) is 0 Å². The molecule has 14 heteroatoms. The second-order valence-electron chi connectivity index (χ2n) is 6.32. The number of hydrogen-bond acceptors (Lipinski definition) is 10. The van der Waals surface area contributed by atoms with Gasteiger partial charge in [-0.05, 0) is 36.4 Å². The number of nitrogens with zero attached hydrogens (tertiary/aromatic N) is 2. The van der Waals surface area contributed by atoms with Crippen LogP contribution in [-0.4, -0.2) is 50.1 Å². The van der Waals surface area contributed by atoms with Crippen LogP contribution in [-0.2, 0) is 20.2 Å². The van der Waals surface area contributed by atoms with Crippen molar-refractivity contribution in [1.29, 1.82) is 0 Å². The van der Waals surface area contributed by atoms with Crippen molar-refractivity contribution in [3.05, 3.63) is 36.4 Å². The highest BCUT2D eigenvalue weighted by Crippen LogP contribution is 2.42. The summed E-state index contributed by atoms with van der Waals surface area (Å²) in [5, 5.41) is 0.845. The number of methoxy groups -OCH3 is 2. The van der Waals surface area contributed by atoms with Gasteiger partial charge in [-0.2, -0.15) is 16.8 Å². The molecule has 2 heterocycles. The van der Waals surface area contributed by atoms with Gasteiger partial charge in [0.05, 0.1) is 35.1 Å². The fourth-order valence-corrected chi connectivity index (χ4v) is 6.00. The van der Waals surface area contributed by atoms with Gasteiger partial charge in [0.15, 0.2) is 9.66 Å². The van der Waals surface area contributed by atoms with Crippen LogP contribution in [0.5, 0.6) is 11.5 Å². The molecule has 0 saturated heterocycles. The number of fused-ring (bicyclic) bond motifs is 1. The Kier molecular flexibility index (Phi) is 5.68. The zero-order valence-corrected chi connectivity index (χ0v) is 19.6. The Bertz CT molecular complexity index is 1410. The fourth-order valence-electron chi connectivity index (χ4n) is 2.90. The molecule has 0 radical (unpaired) electrons. The summed E-state index contributed by atoms with van der Waals surface area (Å²) >= 11 is 2.32. The summed E-state index contributed by atoms with van der Waals surface area (Å²) in [4.78, 5) is 9.42. The van der Waals surface area contributed by atoms with Crippen molar-refractivity contribution in [2.75, 3.05) is 14.2 Å².